The molecule has 1 aromatic heterocycles. The number of amidine groups is 1. The van der Waals surface area contributed by atoms with Gasteiger partial charge in [-0.1, -0.05) is 18.2 Å². The fourth-order valence-corrected chi connectivity index (χ4v) is 3.43. The number of carbonyl (C=O) groups is 2. The summed E-state index contributed by atoms with van der Waals surface area (Å²) >= 11 is 0. The molecule has 0 spiro atoms. The third-order valence-corrected chi connectivity index (χ3v) is 4.80. The van der Waals surface area contributed by atoms with Crippen molar-refractivity contribution in [3.63, 3.8) is 0 Å². The molecule has 7 nitrogen and oxygen atoms in total. The summed E-state index contributed by atoms with van der Waals surface area (Å²) in [6.07, 6.45) is 0. The molecule has 0 aliphatic rings. The second-order valence-corrected chi connectivity index (χ2v) is 6.68. The number of aromatic nitrogens is 1. The highest BCUT2D eigenvalue weighted by molar-refractivity contribution is 6.11. The molecule has 3 aromatic carbocycles. The van der Waals surface area contributed by atoms with Crippen molar-refractivity contribution in [3.05, 3.63) is 77.9 Å². The van der Waals surface area contributed by atoms with E-state index in [0.717, 1.165) is 21.8 Å². The summed E-state index contributed by atoms with van der Waals surface area (Å²) < 4.78 is 1.91. The summed E-state index contributed by atoms with van der Waals surface area (Å²) in [5.74, 6) is -1.25. The summed E-state index contributed by atoms with van der Waals surface area (Å²) in [5.41, 5.74) is 8.71. The third kappa shape index (κ3) is 3.41. The van der Waals surface area contributed by atoms with Crippen molar-refractivity contribution in [1.82, 2.24) is 4.57 Å². The number of nitrogens with zero attached hydrogens (tertiary/aromatic N) is 1. The van der Waals surface area contributed by atoms with Crippen LogP contribution in [0, 0.1) is 5.41 Å². The second-order valence-electron chi connectivity index (χ2n) is 6.68. The number of carboxylic acid groups (broad SMARTS) is 1. The molecular formula is C22H18N4O3. The second kappa shape index (κ2) is 7.12. The Balaban J connectivity index is 1.68. The van der Waals surface area contributed by atoms with Gasteiger partial charge in [0.15, 0.2) is 0 Å². The molecule has 1 heterocycles. The van der Waals surface area contributed by atoms with Crippen LogP contribution in [-0.2, 0) is 11.3 Å². The number of nitrogen functional groups attached to an aromatic ring is 1. The van der Waals surface area contributed by atoms with Crippen LogP contribution in [0.5, 0.6) is 0 Å². The van der Waals surface area contributed by atoms with Crippen LogP contribution in [0.1, 0.15) is 15.9 Å². The van der Waals surface area contributed by atoms with E-state index in [2.05, 4.69) is 5.32 Å². The summed E-state index contributed by atoms with van der Waals surface area (Å²) in [6.45, 7) is 0.0874. The van der Waals surface area contributed by atoms with E-state index in [1.807, 2.05) is 41.0 Å². The predicted molar refractivity (Wildman–Crippen MR) is 112 cm³/mol. The number of aromatic carboxylic acids is 1. The van der Waals surface area contributed by atoms with Crippen LogP contribution in [0.3, 0.4) is 0 Å². The van der Waals surface area contributed by atoms with Gasteiger partial charge >= 0.3 is 5.97 Å². The maximum absolute atomic E-state index is 12.7. The molecule has 0 bridgehead atoms. The fourth-order valence-electron chi connectivity index (χ4n) is 3.43. The lowest BCUT2D eigenvalue weighted by Crippen LogP contribution is -2.18. The quantitative estimate of drug-likeness (QED) is 0.310. The van der Waals surface area contributed by atoms with Crippen LogP contribution < -0.4 is 11.1 Å². The van der Waals surface area contributed by atoms with Gasteiger partial charge in [-0.3, -0.25) is 10.2 Å². The summed E-state index contributed by atoms with van der Waals surface area (Å²) in [5, 5.41) is 21.3. The van der Waals surface area contributed by atoms with Gasteiger partial charge < -0.3 is 20.7 Å². The van der Waals surface area contributed by atoms with Gasteiger partial charge in [0.2, 0.25) is 5.91 Å². The van der Waals surface area contributed by atoms with Gasteiger partial charge in [-0.2, -0.15) is 0 Å². The van der Waals surface area contributed by atoms with Crippen molar-refractivity contribution in [1.29, 1.82) is 5.41 Å². The van der Waals surface area contributed by atoms with Crippen molar-refractivity contribution in [2.45, 2.75) is 6.54 Å². The molecule has 0 unspecified atom stereocenters. The molecule has 5 N–H and O–H groups in total. The number of hydrogen-bond acceptors (Lipinski definition) is 3. The van der Waals surface area contributed by atoms with Gasteiger partial charge in [-0.25, -0.2) is 4.79 Å². The molecule has 7 heteroatoms. The highest BCUT2D eigenvalue weighted by Gasteiger charge is 2.14. The molecule has 4 rings (SSSR count). The van der Waals surface area contributed by atoms with E-state index < -0.39 is 5.97 Å². The molecule has 0 aliphatic carbocycles. The maximum Gasteiger partial charge on any atom is 0.335 e. The number of nitrogens with one attached hydrogen (secondary N) is 2. The lowest BCUT2D eigenvalue weighted by atomic mass is 10.1. The molecule has 0 radical (unpaired) electrons. The van der Waals surface area contributed by atoms with E-state index in [4.69, 9.17) is 16.2 Å². The first-order valence-corrected chi connectivity index (χ1v) is 8.92. The number of fused-ring (bicyclic) bond motifs is 3. The summed E-state index contributed by atoms with van der Waals surface area (Å²) in [6, 6.07) is 19.3. The van der Waals surface area contributed by atoms with E-state index >= 15 is 0 Å². The first-order chi connectivity index (χ1) is 13.9. The van der Waals surface area contributed by atoms with Crippen molar-refractivity contribution in [2.75, 3.05) is 5.32 Å². The summed E-state index contributed by atoms with van der Waals surface area (Å²) in [4.78, 5) is 23.6. The maximum atomic E-state index is 12.7. The first-order valence-electron chi connectivity index (χ1n) is 8.92. The molecule has 0 atom stereocenters. The fraction of sp³-hybridized carbons (Fsp3) is 0.0455. The zero-order chi connectivity index (χ0) is 20.5. The molecule has 0 fully saturated rings. The van der Waals surface area contributed by atoms with Gasteiger partial charge in [-0.15, -0.1) is 0 Å². The molecule has 144 valence electrons. The topological polar surface area (TPSA) is 121 Å². The molecule has 0 aliphatic heterocycles. The van der Waals surface area contributed by atoms with Crippen LogP contribution in [0.4, 0.5) is 5.69 Å². The molecule has 1 amide bonds. The Bertz CT molecular complexity index is 1270. The molecule has 29 heavy (non-hydrogen) atoms. The van der Waals surface area contributed by atoms with Crippen molar-refractivity contribution < 1.29 is 14.7 Å². The third-order valence-electron chi connectivity index (χ3n) is 4.80. The summed E-state index contributed by atoms with van der Waals surface area (Å²) in [7, 11) is 0. The number of rotatable bonds is 5. The highest BCUT2D eigenvalue weighted by Crippen LogP contribution is 2.29. The predicted octanol–water partition coefficient (Wildman–Crippen LogP) is 3.42. The highest BCUT2D eigenvalue weighted by atomic mass is 16.4. The lowest BCUT2D eigenvalue weighted by molar-refractivity contribution is -0.116. The minimum atomic E-state index is -1.02. The van der Waals surface area contributed by atoms with Gasteiger partial charge in [-0.05, 0) is 48.5 Å². The van der Waals surface area contributed by atoms with Crippen molar-refractivity contribution in [2.24, 2.45) is 5.73 Å². The molecule has 4 aromatic rings. The Morgan fingerprint density at radius 2 is 1.59 bits per heavy atom. The van der Waals surface area contributed by atoms with E-state index in [1.165, 1.54) is 12.1 Å². The monoisotopic (exact) mass is 386 g/mol. The van der Waals surface area contributed by atoms with Crippen LogP contribution in [0.15, 0.2) is 66.7 Å². The van der Waals surface area contributed by atoms with Gasteiger partial charge in [0, 0.05) is 33.1 Å². The standard InChI is InChI=1S/C22H18N4O3/c23-21(24)14-7-10-19-17(11-14)16-3-1-2-4-18(16)26(19)12-20(27)25-15-8-5-13(6-9-15)22(28)29/h1-11H,12H2,(H3,23,24)(H,25,27)(H,28,29). The largest absolute Gasteiger partial charge is 0.478 e. The zero-order valence-electron chi connectivity index (χ0n) is 15.3. The molecular weight excluding hydrogens is 368 g/mol. The van der Waals surface area contributed by atoms with E-state index in [9.17, 15) is 9.59 Å². The van der Waals surface area contributed by atoms with E-state index in [-0.39, 0.29) is 23.9 Å². The number of carboxylic acids is 1. The molecule has 0 saturated carbocycles. The zero-order valence-corrected chi connectivity index (χ0v) is 15.3. The van der Waals surface area contributed by atoms with Crippen LogP contribution >= 0.6 is 0 Å². The first kappa shape index (κ1) is 18.2. The normalized spacial score (nSPS) is 10.9. The van der Waals surface area contributed by atoms with Gasteiger partial charge in [0.1, 0.15) is 12.4 Å². The Labute approximate surface area is 165 Å². The smallest absolute Gasteiger partial charge is 0.335 e. The Hall–Kier alpha value is -4.13. The van der Waals surface area contributed by atoms with E-state index in [1.54, 1.807) is 18.2 Å². The van der Waals surface area contributed by atoms with Gasteiger partial charge in [0.05, 0.1) is 5.56 Å². The van der Waals surface area contributed by atoms with E-state index in [0.29, 0.717) is 11.3 Å². The Morgan fingerprint density at radius 1 is 0.931 bits per heavy atom. The number of para-hydroxylation sites is 1. The lowest BCUT2D eigenvalue weighted by Gasteiger charge is -2.09. The molecule has 0 saturated heterocycles. The minimum Gasteiger partial charge on any atom is -0.478 e. The number of anilines is 1. The number of carbonyl (C=O) groups excluding carboxylic acids is 1. The number of hydrogen-bond donors (Lipinski definition) is 4. The van der Waals surface area contributed by atoms with Crippen LogP contribution in [-0.4, -0.2) is 27.4 Å². The Morgan fingerprint density at radius 3 is 2.28 bits per heavy atom. The van der Waals surface area contributed by atoms with Crippen LogP contribution in [0.25, 0.3) is 21.8 Å². The average molecular weight is 386 g/mol. The Kier molecular flexibility index (Phi) is 4.48. The number of amides is 1. The number of benzene rings is 3. The minimum absolute atomic E-state index is 0.00807. The van der Waals surface area contributed by atoms with Crippen molar-refractivity contribution >= 4 is 45.2 Å². The van der Waals surface area contributed by atoms with Crippen molar-refractivity contribution in [3.8, 4) is 0 Å². The SMILES string of the molecule is N=C(N)c1ccc2c(c1)c1ccccc1n2CC(=O)Nc1ccc(C(=O)O)cc1. The van der Waals surface area contributed by atoms with Crippen LogP contribution in [0.2, 0.25) is 0 Å². The average Bonchev–Trinajstić information content (AvgIpc) is 3.01. The number of nitrogens with two attached hydrogens (primary N) is 1. The van der Waals surface area contributed by atoms with Gasteiger partial charge in [0.25, 0.3) is 0 Å².